The molecule has 0 radical (unpaired) electrons. The van der Waals surface area contributed by atoms with Gasteiger partial charge in [-0.15, -0.1) is 0 Å². The first kappa shape index (κ1) is 31.6. The van der Waals surface area contributed by atoms with Gasteiger partial charge in [0.15, 0.2) is 0 Å². The van der Waals surface area contributed by atoms with Crippen molar-refractivity contribution in [3.63, 3.8) is 0 Å². The molecule has 3 aromatic rings. The zero-order chi connectivity index (χ0) is 30.2. The van der Waals surface area contributed by atoms with E-state index in [4.69, 9.17) is 11.6 Å². The van der Waals surface area contributed by atoms with Gasteiger partial charge in [-0.1, -0.05) is 55.8 Å². The number of nitro groups is 1. The van der Waals surface area contributed by atoms with E-state index in [0.29, 0.717) is 17.0 Å². The van der Waals surface area contributed by atoms with Crippen molar-refractivity contribution in [1.82, 2.24) is 10.2 Å². The summed E-state index contributed by atoms with van der Waals surface area (Å²) in [5.74, 6) is -0.971. The van der Waals surface area contributed by atoms with Crippen molar-refractivity contribution in [3.8, 4) is 0 Å². The molecule has 0 aliphatic rings. The predicted molar refractivity (Wildman–Crippen MR) is 158 cm³/mol. The molecule has 0 saturated carbocycles. The Balaban J connectivity index is 2.06. The van der Waals surface area contributed by atoms with Crippen LogP contribution in [-0.4, -0.2) is 48.7 Å². The van der Waals surface area contributed by atoms with E-state index in [-0.39, 0.29) is 41.2 Å². The molecule has 0 spiro atoms. The van der Waals surface area contributed by atoms with Crippen LogP contribution in [0.1, 0.15) is 39.2 Å². The van der Waals surface area contributed by atoms with E-state index in [2.05, 4.69) is 5.32 Å². The number of hydrogen-bond acceptors (Lipinski definition) is 6. The number of rotatable bonds is 13. The maximum atomic E-state index is 14.0. The highest BCUT2D eigenvalue weighted by atomic mass is 35.5. The van der Waals surface area contributed by atoms with Crippen LogP contribution in [0, 0.1) is 10.1 Å². The van der Waals surface area contributed by atoms with Gasteiger partial charge < -0.3 is 10.2 Å². The van der Waals surface area contributed by atoms with E-state index in [1.807, 2.05) is 13.8 Å². The number of nitrogens with zero attached hydrogens (tertiary/aromatic N) is 3. The summed E-state index contributed by atoms with van der Waals surface area (Å²) in [6, 6.07) is 18.3. The molecule has 3 aromatic carbocycles. The maximum absolute atomic E-state index is 14.0. The van der Waals surface area contributed by atoms with E-state index in [1.165, 1.54) is 41.3 Å². The Morgan fingerprint density at radius 3 is 2.10 bits per heavy atom. The van der Waals surface area contributed by atoms with Gasteiger partial charge in [0.25, 0.3) is 15.7 Å². The molecular formula is C29H33ClN4O6S. The normalized spacial score (nSPS) is 12.7. The molecule has 0 aliphatic carbocycles. The molecule has 2 atom stereocenters. The van der Waals surface area contributed by atoms with Gasteiger partial charge in [-0.3, -0.25) is 24.0 Å². The minimum atomic E-state index is -4.27. The average molecular weight is 601 g/mol. The van der Waals surface area contributed by atoms with E-state index < -0.39 is 33.4 Å². The fourth-order valence-corrected chi connectivity index (χ4v) is 5.70. The molecule has 0 aromatic heterocycles. The first-order valence-electron chi connectivity index (χ1n) is 13.1. The van der Waals surface area contributed by atoms with E-state index in [1.54, 1.807) is 49.4 Å². The molecule has 1 N–H and O–H groups in total. The third-order valence-electron chi connectivity index (χ3n) is 6.61. The maximum Gasteiger partial charge on any atom is 0.269 e. The lowest BCUT2D eigenvalue weighted by molar-refractivity contribution is -0.384. The Hall–Kier alpha value is -3.96. The van der Waals surface area contributed by atoms with Crippen molar-refractivity contribution >= 4 is 44.8 Å². The number of hydrogen-bond donors (Lipinski definition) is 1. The number of carbonyl (C=O) groups excluding carboxylic acids is 2. The second kappa shape index (κ2) is 14.1. The number of sulfonamides is 1. The number of nitro benzene ring substituents is 1. The fraction of sp³-hybridized carbons (Fsp3) is 0.310. The second-order valence-corrected chi connectivity index (χ2v) is 11.8. The second-order valence-electron chi connectivity index (χ2n) is 9.49. The molecule has 0 heterocycles. The summed E-state index contributed by atoms with van der Waals surface area (Å²) in [5, 5.41) is 14.6. The monoisotopic (exact) mass is 600 g/mol. The summed E-state index contributed by atoms with van der Waals surface area (Å²) in [4.78, 5) is 39.2. The lowest BCUT2D eigenvalue weighted by Crippen LogP contribution is -2.53. The van der Waals surface area contributed by atoms with Gasteiger partial charge in [-0.05, 0) is 61.7 Å². The summed E-state index contributed by atoms with van der Waals surface area (Å²) < 4.78 is 28.5. The van der Waals surface area contributed by atoms with Gasteiger partial charge in [-0.2, -0.15) is 0 Å². The van der Waals surface area contributed by atoms with Crippen LogP contribution < -0.4 is 9.62 Å². The third kappa shape index (κ3) is 8.05. The molecule has 41 heavy (non-hydrogen) atoms. The van der Waals surface area contributed by atoms with E-state index in [0.717, 1.165) is 4.31 Å². The average Bonchev–Trinajstić information content (AvgIpc) is 2.97. The lowest BCUT2D eigenvalue weighted by Gasteiger charge is -2.33. The number of halogens is 1. The van der Waals surface area contributed by atoms with Crippen molar-refractivity contribution in [1.29, 1.82) is 0 Å². The summed E-state index contributed by atoms with van der Waals surface area (Å²) in [6.45, 7) is 4.95. The highest BCUT2D eigenvalue weighted by Gasteiger charge is 2.34. The van der Waals surface area contributed by atoms with Gasteiger partial charge in [0.05, 0.1) is 15.5 Å². The molecule has 10 nitrogen and oxygen atoms in total. The molecule has 2 amide bonds. The van der Waals surface area contributed by atoms with Crippen LogP contribution >= 0.6 is 11.6 Å². The Morgan fingerprint density at radius 1 is 0.951 bits per heavy atom. The molecule has 0 saturated heterocycles. The molecule has 0 unspecified atom stereocenters. The third-order valence-corrected chi connectivity index (χ3v) is 8.65. The van der Waals surface area contributed by atoms with Crippen LogP contribution in [0.5, 0.6) is 0 Å². The lowest BCUT2D eigenvalue weighted by atomic mass is 10.1. The van der Waals surface area contributed by atoms with Gasteiger partial charge in [0.1, 0.15) is 12.6 Å². The summed E-state index contributed by atoms with van der Waals surface area (Å²) >= 11 is 6.04. The van der Waals surface area contributed by atoms with Crippen molar-refractivity contribution < 1.29 is 22.9 Å². The minimum Gasteiger partial charge on any atom is -0.352 e. The topological polar surface area (TPSA) is 130 Å². The highest BCUT2D eigenvalue weighted by molar-refractivity contribution is 7.92. The largest absolute Gasteiger partial charge is 0.352 e. The molecule has 0 aliphatic heterocycles. The van der Waals surface area contributed by atoms with Crippen LogP contribution in [0.2, 0.25) is 5.02 Å². The standard InChI is InChI=1S/C29H33ClN4O6S/c1-4-21(3)31-29(36)27(5-2)32(19-22-11-13-23(30)14-12-22)28(35)20-33(24-15-17-25(18-16-24)34(37)38)41(39,40)26-9-7-6-8-10-26/h6-18,21,27H,4-5,19-20H2,1-3H3,(H,31,36)/t21-,27+/m0/s1. The van der Waals surface area contributed by atoms with Crippen LogP contribution in [0.3, 0.4) is 0 Å². The van der Waals surface area contributed by atoms with Crippen molar-refractivity contribution in [2.24, 2.45) is 0 Å². The molecular weight excluding hydrogens is 568 g/mol. The number of carbonyl (C=O) groups is 2. The van der Waals surface area contributed by atoms with Gasteiger partial charge in [0, 0.05) is 29.7 Å². The van der Waals surface area contributed by atoms with Crippen molar-refractivity contribution in [2.75, 3.05) is 10.8 Å². The van der Waals surface area contributed by atoms with E-state index in [9.17, 15) is 28.1 Å². The summed E-state index contributed by atoms with van der Waals surface area (Å²) in [7, 11) is -4.27. The highest BCUT2D eigenvalue weighted by Crippen LogP contribution is 2.27. The minimum absolute atomic E-state index is 0.0297. The van der Waals surface area contributed by atoms with Gasteiger partial charge in [0.2, 0.25) is 11.8 Å². The first-order valence-corrected chi connectivity index (χ1v) is 15.0. The molecule has 0 fully saturated rings. The smallest absolute Gasteiger partial charge is 0.269 e. The van der Waals surface area contributed by atoms with Crippen LogP contribution in [0.4, 0.5) is 11.4 Å². The number of anilines is 1. The summed E-state index contributed by atoms with van der Waals surface area (Å²) in [6.07, 6.45) is 0.973. The molecule has 218 valence electrons. The van der Waals surface area contributed by atoms with Crippen molar-refractivity contribution in [3.05, 3.63) is 99.6 Å². The van der Waals surface area contributed by atoms with Gasteiger partial charge >= 0.3 is 0 Å². The van der Waals surface area contributed by atoms with Gasteiger partial charge in [-0.25, -0.2) is 8.42 Å². The number of benzene rings is 3. The number of nitrogens with one attached hydrogen (secondary N) is 1. The number of amides is 2. The Kier molecular flexibility index (Phi) is 10.8. The SMILES string of the molecule is CC[C@H](C(=O)N[C@@H](C)CC)N(Cc1ccc(Cl)cc1)C(=O)CN(c1ccc([N+](=O)[O-])cc1)S(=O)(=O)c1ccccc1. The first-order chi connectivity index (χ1) is 19.5. The predicted octanol–water partition coefficient (Wildman–Crippen LogP) is 5.17. The molecule has 3 rings (SSSR count). The molecule has 0 bridgehead atoms. The van der Waals surface area contributed by atoms with Crippen LogP contribution in [0.25, 0.3) is 0 Å². The van der Waals surface area contributed by atoms with Crippen LogP contribution in [-0.2, 0) is 26.2 Å². The Labute approximate surface area is 245 Å². The van der Waals surface area contributed by atoms with Crippen molar-refractivity contribution in [2.45, 2.75) is 57.1 Å². The summed E-state index contributed by atoms with van der Waals surface area (Å²) in [5.41, 5.74) is 0.538. The van der Waals surface area contributed by atoms with E-state index >= 15 is 0 Å². The fourth-order valence-electron chi connectivity index (χ4n) is 4.14. The number of non-ortho nitro benzene ring substituents is 1. The Morgan fingerprint density at radius 2 is 1.56 bits per heavy atom. The van der Waals surface area contributed by atoms with Crippen LogP contribution in [0.15, 0.2) is 83.8 Å². The molecule has 12 heteroatoms. The Bertz CT molecular complexity index is 1450. The zero-order valence-corrected chi connectivity index (χ0v) is 24.6. The quantitative estimate of drug-likeness (QED) is 0.213. The zero-order valence-electron chi connectivity index (χ0n) is 23.1.